The summed E-state index contributed by atoms with van der Waals surface area (Å²) in [4.78, 5) is 49.5. The molecule has 10 nitrogen and oxygen atoms in total. The third kappa shape index (κ3) is 5.92. The van der Waals surface area contributed by atoms with E-state index in [1.165, 1.54) is 18.2 Å². The van der Waals surface area contributed by atoms with Crippen LogP contribution in [0.5, 0.6) is 11.5 Å². The van der Waals surface area contributed by atoms with E-state index in [0.29, 0.717) is 39.4 Å². The van der Waals surface area contributed by atoms with Gasteiger partial charge in [-0.05, 0) is 72.7 Å². The van der Waals surface area contributed by atoms with Gasteiger partial charge < -0.3 is 9.47 Å². The van der Waals surface area contributed by atoms with Gasteiger partial charge in [0, 0.05) is 21.1 Å². The van der Waals surface area contributed by atoms with Crippen LogP contribution < -0.4 is 19.7 Å². The molecule has 0 aliphatic carbocycles. The minimum atomic E-state index is -0.844. The number of benzene rings is 3. The first kappa shape index (κ1) is 27.0. The van der Waals surface area contributed by atoms with Crippen molar-refractivity contribution in [1.29, 1.82) is 0 Å². The molecule has 0 atom stereocenters. The summed E-state index contributed by atoms with van der Waals surface area (Å²) in [5.74, 6) is -0.861. The average Bonchev–Trinajstić information content (AvgIpc) is 2.88. The molecular weight excluding hydrogens is 626 g/mol. The van der Waals surface area contributed by atoms with Crippen LogP contribution in [0.4, 0.5) is 16.2 Å². The fourth-order valence-corrected chi connectivity index (χ4v) is 4.26. The lowest BCUT2D eigenvalue weighted by atomic mass is 10.1. The van der Waals surface area contributed by atoms with E-state index >= 15 is 0 Å². The Bertz CT molecular complexity index is 1450. The number of carbonyl (C=O) groups excluding carboxylic acids is 3. The van der Waals surface area contributed by atoms with Crippen molar-refractivity contribution in [3.05, 3.63) is 96.4 Å². The van der Waals surface area contributed by atoms with Crippen LogP contribution in [0, 0.1) is 10.1 Å². The lowest BCUT2D eigenvalue weighted by Crippen LogP contribution is -2.54. The molecule has 0 radical (unpaired) electrons. The van der Waals surface area contributed by atoms with Crippen molar-refractivity contribution >= 4 is 67.2 Å². The number of nitrogens with zero attached hydrogens (tertiary/aromatic N) is 2. The first-order valence-electron chi connectivity index (χ1n) is 11.2. The number of amides is 4. The normalized spacial score (nSPS) is 14.4. The Balaban J connectivity index is 1.62. The molecule has 3 aromatic carbocycles. The van der Waals surface area contributed by atoms with Gasteiger partial charge in [-0.2, -0.15) is 0 Å². The monoisotopic (exact) mass is 643 g/mol. The molecule has 0 unspecified atom stereocenters. The molecule has 1 fully saturated rings. The summed E-state index contributed by atoms with van der Waals surface area (Å²) in [6, 6.07) is 14.9. The van der Waals surface area contributed by atoms with Gasteiger partial charge in [-0.1, -0.05) is 31.9 Å². The van der Waals surface area contributed by atoms with Gasteiger partial charge in [0.15, 0.2) is 11.5 Å². The zero-order valence-electron chi connectivity index (χ0n) is 19.8. The number of hydrogen-bond donors (Lipinski definition) is 1. The van der Waals surface area contributed by atoms with E-state index in [2.05, 4.69) is 37.2 Å². The fraction of sp³-hybridized carbons (Fsp3) is 0.115. The summed E-state index contributed by atoms with van der Waals surface area (Å²) in [7, 11) is 0. The van der Waals surface area contributed by atoms with Crippen molar-refractivity contribution in [2.75, 3.05) is 11.5 Å². The quantitative estimate of drug-likeness (QED) is 0.143. The number of non-ortho nitro benzene ring substituents is 1. The number of nitro groups is 1. The Morgan fingerprint density at radius 3 is 2.26 bits per heavy atom. The Morgan fingerprint density at radius 2 is 1.63 bits per heavy atom. The van der Waals surface area contributed by atoms with Crippen molar-refractivity contribution in [3.8, 4) is 11.5 Å². The molecule has 1 heterocycles. The van der Waals surface area contributed by atoms with E-state index in [-0.39, 0.29) is 17.9 Å². The number of anilines is 1. The fourth-order valence-electron chi connectivity index (χ4n) is 3.56. The van der Waals surface area contributed by atoms with Crippen LogP contribution in [-0.2, 0) is 16.2 Å². The third-order valence-corrected chi connectivity index (χ3v) is 6.61. The van der Waals surface area contributed by atoms with Gasteiger partial charge in [0.2, 0.25) is 0 Å². The summed E-state index contributed by atoms with van der Waals surface area (Å²) in [5, 5.41) is 13.1. The molecule has 0 bridgehead atoms. The van der Waals surface area contributed by atoms with Crippen LogP contribution in [0.2, 0.25) is 0 Å². The Labute approximate surface area is 233 Å². The molecule has 38 heavy (non-hydrogen) atoms. The maximum Gasteiger partial charge on any atom is 0.335 e. The first-order chi connectivity index (χ1) is 18.2. The van der Waals surface area contributed by atoms with Crippen molar-refractivity contribution in [2.45, 2.75) is 13.5 Å². The van der Waals surface area contributed by atoms with Gasteiger partial charge in [0.05, 0.1) is 17.2 Å². The van der Waals surface area contributed by atoms with Crippen LogP contribution in [0.15, 0.2) is 75.2 Å². The highest BCUT2D eigenvalue weighted by molar-refractivity contribution is 9.10. The Morgan fingerprint density at radius 1 is 0.974 bits per heavy atom. The number of halogens is 2. The summed E-state index contributed by atoms with van der Waals surface area (Å²) >= 11 is 6.76. The zero-order chi connectivity index (χ0) is 27.4. The average molecular weight is 645 g/mol. The minimum Gasteiger partial charge on any atom is -0.490 e. The van der Waals surface area contributed by atoms with Gasteiger partial charge in [-0.3, -0.25) is 25.0 Å². The van der Waals surface area contributed by atoms with Gasteiger partial charge in [0.25, 0.3) is 17.5 Å². The second-order valence-electron chi connectivity index (χ2n) is 7.90. The van der Waals surface area contributed by atoms with Crippen molar-refractivity contribution in [2.24, 2.45) is 0 Å². The molecular formula is C26H19Br2N3O7. The Kier molecular flexibility index (Phi) is 8.23. The van der Waals surface area contributed by atoms with E-state index in [1.54, 1.807) is 55.5 Å². The van der Waals surface area contributed by atoms with Crippen LogP contribution >= 0.6 is 31.9 Å². The van der Waals surface area contributed by atoms with E-state index < -0.39 is 22.8 Å². The number of imide groups is 2. The van der Waals surface area contributed by atoms with Gasteiger partial charge in [-0.15, -0.1) is 0 Å². The maximum absolute atomic E-state index is 13.2. The number of ether oxygens (including phenoxy) is 2. The highest BCUT2D eigenvalue weighted by atomic mass is 79.9. The predicted octanol–water partition coefficient (Wildman–Crippen LogP) is 5.76. The molecule has 4 amide bonds. The molecule has 1 saturated heterocycles. The molecule has 0 saturated carbocycles. The van der Waals surface area contributed by atoms with Gasteiger partial charge in [-0.25, -0.2) is 9.69 Å². The molecule has 1 N–H and O–H groups in total. The summed E-state index contributed by atoms with van der Waals surface area (Å²) in [6.07, 6.45) is 1.36. The molecule has 12 heteroatoms. The third-order valence-electron chi connectivity index (χ3n) is 5.39. The van der Waals surface area contributed by atoms with Crippen LogP contribution in [-0.4, -0.2) is 29.4 Å². The zero-order valence-corrected chi connectivity index (χ0v) is 22.9. The highest BCUT2D eigenvalue weighted by Gasteiger charge is 2.37. The minimum absolute atomic E-state index is 0.0226. The number of barbiturate groups is 1. The molecule has 1 aliphatic rings. The van der Waals surface area contributed by atoms with E-state index in [1.807, 2.05) is 0 Å². The highest BCUT2D eigenvalue weighted by Crippen LogP contribution is 2.36. The molecule has 0 aromatic heterocycles. The van der Waals surface area contributed by atoms with E-state index in [0.717, 1.165) is 9.37 Å². The van der Waals surface area contributed by atoms with Crippen LogP contribution in [0.1, 0.15) is 18.1 Å². The van der Waals surface area contributed by atoms with E-state index in [4.69, 9.17) is 9.47 Å². The molecule has 4 rings (SSSR count). The summed E-state index contributed by atoms with van der Waals surface area (Å²) in [6.45, 7) is 2.23. The van der Waals surface area contributed by atoms with Crippen molar-refractivity contribution in [3.63, 3.8) is 0 Å². The van der Waals surface area contributed by atoms with Crippen molar-refractivity contribution < 1.29 is 28.8 Å². The first-order valence-corrected chi connectivity index (χ1v) is 12.8. The number of urea groups is 1. The van der Waals surface area contributed by atoms with Gasteiger partial charge in [0.1, 0.15) is 12.2 Å². The van der Waals surface area contributed by atoms with Crippen LogP contribution in [0.25, 0.3) is 6.08 Å². The second kappa shape index (κ2) is 11.6. The van der Waals surface area contributed by atoms with Gasteiger partial charge >= 0.3 is 6.03 Å². The topological polar surface area (TPSA) is 128 Å². The molecule has 194 valence electrons. The number of nitro benzene ring substituents is 1. The van der Waals surface area contributed by atoms with Crippen LogP contribution in [0.3, 0.4) is 0 Å². The SMILES string of the molecule is CCOc1cc(/C=C2\C(=O)NC(=O)N(c3ccc(Br)cc3)C2=O)c(Br)cc1OCc1ccc([N+](=O)[O-])cc1. The lowest BCUT2D eigenvalue weighted by molar-refractivity contribution is -0.384. The smallest absolute Gasteiger partial charge is 0.335 e. The standard InChI is InChI=1S/C26H19Br2N3O7/c1-2-37-22-12-16(21(28)13-23(22)38-14-15-3-7-19(8-4-15)31(35)36)11-20-24(32)29-26(34)30(25(20)33)18-9-5-17(27)6-10-18/h3-13H,2,14H2,1H3,(H,29,32,34)/b20-11+. The number of rotatable bonds is 8. The Hall–Kier alpha value is -4.03. The maximum atomic E-state index is 13.2. The molecule has 1 aliphatic heterocycles. The largest absolute Gasteiger partial charge is 0.490 e. The van der Waals surface area contributed by atoms with E-state index in [9.17, 15) is 24.5 Å². The predicted molar refractivity (Wildman–Crippen MR) is 146 cm³/mol. The molecule has 3 aromatic rings. The molecule has 0 spiro atoms. The van der Waals surface area contributed by atoms with Crippen molar-refractivity contribution in [1.82, 2.24) is 5.32 Å². The summed E-state index contributed by atoms with van der Waals surface area (Å²) < 4.78 is 12.9. The lowest BCUT2D eigenvalue weighted by Gasteiger charge is -2.26. The summed E-state index contributed by atoms with van der Waals surface area (Å²) in [5.41, 5.74) is 1.20. The number of hydrogen-bond acceptors (Lipinski definition) is 7. The number of carbonyl (C=O) groups is 3. The second-order valence-corrected chi connectivity index (χ2v) is 9.67. The number of nitrogens with one attached hydrogen (secondary N) is 1.